The van der Waals surface area contributed by atoms with Gasteiger partial charge in [-0.05, 0) is 12.3 Å². The monoisotopic (exact) mass is 284 g/mol. The fraction of sp³-hybridized carbons (Fsp3) is 0.800. The van der Waals surface area contributed by atoms with E-state index >= 15 is 0 Å². The molecule has 110 valence electrons. The minimum atomic E-state index is 0.156. The third-order valence-electron chi connectivity index (χ3n) is 2.76. The van der Waals surface area contributed by atoms with Gasteiger partial charge in [0.2, 0.25) is 0 Å². The predicted octanol–water partition coefficient (Wildman–Crippen LogP) is 3.59. The lowest BCUT2D eigenvalue weighted by molar-refractivity contribution is 0.125. The fourth-order valence-corrected chi connectivity index (χ4v) is 2.42. The van der Waals surface area contributed by atoms with Gasteiger partial charge in [0, 0.05) is 30.5 Å². The van der Waals surface area contributed by atoms with Crippen LogP contribution in [-0.2, 0) is 16.7 Å². The Labute approximate surface area is 121 Å². The Morgan fingerprint density at radius 3 is 2.63 bits per heavy atom. The molecule has 0 spiro atoms. The van der Waals surface area contributed by atoms with Crippen molar-refractivity contribution in [2.24, 2.45) is 5.92 Å². The predicted molar refractivity (Wildman–Crippen MR) is 82.8 cm³/mol. The summed E-state index contributed by atoms with van der Waals surface area (Å²) in [5, 5.41) is 6.73. The first-order valence-corrected chi connectivity index (χ1v) is 8.01. The first-order chi connectivity index (χ1) is 8.89. The molecule has 3 nitrogen and oxygen atoms in total. The quantitative estimate of drug-likeness (QED) is 0.741. The maximum absolute atomic E-state index is 5.56. The van der Waals surface area contributed by atoms with Gasteiger partial charge in [-0.2, -0.15) is 0 Å². The minimum absolute atomic E-state index is 0.156. The number of rotatable bonds is 8. The molecule has 0 unspecified atom stereocenters. The largest absolute Gasteiger partial charge is 0.380 e. The van der Waals surface area contributed by atoms with Crippen LogP contribution in [0.4, 0.5) is 0 Å². The Morgan fingerprint density at radius 1 is 1.32 bits per heavy atom. The van der Waals surface area contributed by atoms with Gasteiger partial charge >= 0.3 is 0 Å². The summed E-state index contributed by atoms with van der Waals surface area (Å²) in [6.07, 6.45) is 1.14. The molecule has 0 aliphatic heterocycles. The Balaban J connectivity index is 2.11. The summed E-state index contributed by atoms with van der Waals surface area (Å²) >= 11 is 1.75. The van der Waals surface area contributed by atoms with Gasteiger partial charge in [-0.15, -0.1) is 11.3 Å². The van der Waals surface area contributed by atoms with Gasteiger partial charge in [0.15, 0.2) is 0 Å². The van der Waals surface area contributed by atoms with Crippen LogP contribution in [0.25, 0.3) is 0 Å². The van der Waals surface area contributed by atoms with Gasteiger partial charge in [0.05, 0.1) is 17.3 Å². The van der Waals surface area contributed by atoms with E-state index in [2.05, 4.69) is 50.3 Å². The molecule has 1 rings (SSSR count). The zero-order valence-electron chi connectivity index (χ0n) is 13.0. The van der Waals surface area contributed by atoms with Crippen LogP contribution in [0, 0.1) is 5.92 Å². The van der Waals surface area contributed by atoms with E-state index in [1.807, 2.05) is 0 Å². The van der Waals surface area contributed by atoms with E-state index in [0.29, 0.717) is 0 Å². The van der Waals surface area contributed by atoms with Gasteiger partial charge < -0.3 is 10.1 Å². The number of nitrogens with one attached hydrogen (secondary N) is 1. The van der Waals surface area contributed by atoms with Gasteiger partial charge in [-0.25, -0.2) is 4.98 Å². The second kappa shape index (κ2) is 7.98. The van der Waals surface area contributed by atoms with Crippen LogP contribution in [-0.4, -0.2) is 24.7 Å². The number of aromatic nitrogens is 1. The highest BCUT2D eigenvalue weighted by molar-refractivity contribution is 7.09. The molecule has 0 saturated heterocycles. The van der Waals surface area contributed by atoms with Crippen LogP contribution >= 0.6 is 11.3 Å². The van der Waals surface area contributed by atoms with Crippen molar-refractivity contribution in [1.29, 1.82) is 0 Å². The number of hydrogen-bond acceptors (Lipinski definition) is 4. The van der Waals surface area contributed by atoms with Crippen molar-refractivity contribution in [1.82, 2.24) is 10.3 Å². The van der Waals surface area contributed by atoms with Crippen LogP contribution in [0.5, 0.6) is 0 Å². The summed E-state index contributed by atoms with van der Waals surface area (Å²) in [6.45, 7) is 14.4. The van der Waals surface area contributed by atoms with Crippen LogP contribution in [0.15, 0.2) is 5.38 Å². The van der Waals surface area contributed by atoms with E-state index in [1.54, 1.807) is 11.3 Å². The second-order valence-corrected chi connectivity index (χ2v) is 7.22. The molecule has 0 fully saturated rings. The van der Waals surface area contributed by atoms with Crippen molar-refractivity contribution in [3.63, 3.8) is 0 Å². The van der Waals surface area contributed by atoms with E-state index in [0.717, 1.165) is 44.3 Å². The number of thiazole rings is 1. The summed E-state index contributed by atoms with van der Waals surface area (Å²) < 4.78 is 5.56. The van der Waals surface area contributed by atoms with Crippen molar-refractivity contribution in [3.8, 4) is 0 Å². The second-order valence-electron chi connectivity index (χ2n) is 6.37. The normalized spacial score (nSPS) is 12.3. The van der Waals surface area contributed by atoms with Crippen LogP contribution < -0.4 is 5.32 Å². The van der Waals surface area contributed by atoms with E-state index in [9.17, 15) is 0 Å². The van der Waals surface area contributed by atoms with E-state index in [-0.39, 0.29) is 5.41 Å². The number of hydrogen-bond donors (Lipinski definition) is 1. The molecule has 0 saturated carbocycles. The van der Waals surface area contributed by atoms with Crippen molar-refractivity contribution in [3.05, 3.63) is 16.1 Å². The summed E-state index contributed by atoms with van der Waals surface area (Å²) in [6, 6.07) is 0. The van der Waals surface area contributed by atoms with Crippen molar-refractivity contribution < 1.29 is 4.74 Å². The summed E-state index contributed by atoms with van der Waals surface area (Å²) in [4.78, 5) is 4.65. The van der Waals surface area contributed by atoms with Gasteiger partial charge in [-0.3, -0.25) is 0 Å². The number of ether oxygens (including phenoxy) is 1. The SMILES string of the molecule is CC(C)CCOCCNCc1csc(C(C)(C)C)n1. The first kappa shape index (κ1) is 16.6. The lowest BCUT2D eigenvalue weighted by Gasteiger charge is -2.13. The van der Waals surface area contributed by atoms with Gasteiger partial charge in [0.1, 0.15) is 0 Å². The van der Waals surface area contributed by atoms with Crippen LogP contribution in [0.2, 0.25) is 0 Å². The maximum Gasteiger partial charge on any atom is 0.0982 e. The summed E-state index contributed by atoms with van der Waals surface area (Å²) in [5.74, 6) is 0.721. The molecule has 0 radical (unpaired) electrons. The minimum Gasteiger partial charge on any atom is -0.380 e. The topological polar surface area (TPSA) is 34.1 Å². The Morgan fingerprint density at radius 2 is 2.05 bits per heavy atom. The standard InChI is InChI=1S/C15H28N2OS/c1-12(2)6-8-18-9-7-16-10-13-11-19-14(17-13)15(3,4)5/h11-12,16H,6-10H2,1-5H3. The Hall–Kier alpha value is -0.450. The molecule has 1 aromatic rings. The molecule has 1 aromatic heterocycles. The third-order valence-corrected chi connectivity index (χ3v) is 4.08. The van der Waals surface area contributed by atoms with Gasteiger partial charge in [-0.1, -0.05) is 34.6 Å². The lowest BCUT2D eigenvalue weighted by atomic mass is 9.98. The fourth-order valence-electron chi connectivity index (χ4n) is 1.51. The zero-order valence-corrected chi connectivity index (χ0v) is 13.8. The highest BCUT2D eigenvalue weighted by atomic mass is 32.1. The molecular weight excluding hydrogens is 256 g/mol. The van der Waals surface area contributed by atoms with E-state index < -0.39 is 0 Å². The summed E-state index contributed by atoms with van der Waals surface area (Å²) in [5.41, 5.74) is 1.29. The molecule has 1 heterocycles. The molecule has 1 N–H and O–H groups in total. The van der Waals surface area contributed by atoms with Crippen LogP contribution in [0.1, 0.15) is 51.7 Å². The molecule has 0 aliphatic rings. The average Bonchev–Trinajstić information content (AvgIpc) is 2.75. The number of nitrogens with zero attached hydrogens (tertiary/aromatic N) is 1. The third kappa shape index (κ3) is 7.04. The van der Waals surface area contributed by atoms with Crippen molar-refractivity contribution >= 4 is 11.3 Å². The lowest BCUT2D eigenvalue weighted by Crippen LogP contribution is -2.20. The average molecular weight is 284 g/mol. The zero-order chi connectivity index (χ0) is 14.3. The first-order valence-electron chi connectivity index (χ1n) is 7.13. The Bertz CT molecular complexity index is 355. The molecule has 0 amide bonds. The van der Waals surface area contributed by atoms with Crippen LogP contribution in [0.3, 0.4) is 0 Å². The van der Waals surface area contributed by atoms with Crippen molar-refractivity contribution in [2.75, 3.05) is 19.8 Å². The van der Waals surface area contributed by atoms with Crippen molar-refractivity contribution in [2.45, 2.75) is 53.0 Å². The van der Waals surface area contributed by atoms with Gasteiger partial charge in [0.25, 0.3) is 0 Å². The van der Waals surface area contributed by atoms with E-state index in [1.165, 1.54) is 5.01 Å². The van der Waals surface area contributed by atoms with E-state index in [4.69, 9.17) is 4.74 Å². The molecular formula is C15H28N2OS. The molecule has 19 heavy (non-hydrogen) atoms. The molecule has 0 atom stereocenters. The molecule has 0 aliphatic carbocycles. The highest BCUT2D eigenvalue weighted by Gasteiger charge is 2.17. The molecule has 0 aromatic carbocycles. The Kier molecular flexibility index (Phi) is 6.97. The molecule has 4 heteroatoms. The molecule has 0 bridgehead atoms. The maximum atomic E-state index is 5.56. The summed E-state index contributed by atoms with van der Waals surface area (Å²) in [7, 11) is 0. The highest BCUT2D eigenvalue weighted by Crippen LogP contribution is 2.25. The smallest absolute Gasteiger partial charge is 0.0982 e.